The fraction of sp³-hybridized carbons (Fsp3) is 0.333. The summed E-state index contributed by atoms with van der Waals surface area (Å²) >= 11 is 1.44. The lowest BCUT2D eigenvalue weighted by atomic mass is 10.2. The Balaban J connectivity index is 3.08. The van der Waals surface area contributed by atoms with Crippen molar-refractivity contribution < 1.29 is 13.2 Å². The van der Waals surface area contributed by atoms with Crippen molar-refractivity contribution in [3.05, 3.63) is 23.8 Å². The molecule has 0 aliphatic heterocycles. The van der Waals surface area contributed by atoms with Crippen LogP contribution < -0.4 is 11.3 Å². The molecule has 0 bridgehead atoms. The monoisotopic (exact) mass is 236 g/mol. The summed E-state index contributed by atoms with van der Waals surface area (Å²) in [5.41, 5.74) is 1.88. The second-order valence-corrected chi connectivity index (χ2v) is 4.09. The van der Waals surface area contributed by atoms with Crippen molar-refractivity contribution >= 4 is 17.4 Å². The van der Waals surface area contributed by atoms with Crippen LogP contribution in [-0.2, 0) is 6.18 Å². The number of rotatable bonds is 3. The zero-order valence-electron chi connectivity index (χ0n) is 8.06. The van der Waals surface area contributed by atoms with E-state index >= 15 is 0 Å². The van der Waals surface area contributed by atoms with Crippen LogP contribution in [0.25, 0.3) is 0 Å². The molecule has 6 heteroatoms. The number of hydrazine groups is 1. The van der Waals surface area contributed by atoms with E-state index in [1.807, 2.05) is 6.92 Å². The number of anilines is 1. The molecule has 0 aromatic heterocycles. The van der Waals surface area contributed by atoms with Crippen LogP contribution in [0.5, 0.6) is 0 Å². The van der Waals surface area contributed by atoms with E-state index in [4.69, 9.17) is 5.84 Å². The molecule has 1 rings (SSSR count). The van der Waals surface area contributed by atoms with Crippen LogP contribution in [0.2, 0.25) is 0 Å². The van der Waals surface area contributed by atoms with Crippen molar-refractivity contribution in [3.8, 4) is 0 Å². The molecule has 15 heavy (non-hydrogen) atoms. The minimum atomic E-state index is -4.33. The van der Waals surface area contributed by atoms with Gasteiger partial charge in [-0.1, -0.05) is 6.92 Å². The molecular formula is C9H11F3N2S. The van der Waals surface area contributed by atoms with E-state index in [0.29, 0.717) is 10.6 Å². The summed E-state index contributed by atoms with van der Waals surface area (Å²) in [4.78, 5) is 0.716. The third kappa shape index (κ3) is 3.04. The average Bonchev–Trinajstić information content (AvgIpc) is 2.17. The van der Waals surface area contributed by atoms with Crippen LogP contribution in [0.4, 0.5) is 18.9 Å². The molecule has 0 fully saturated rings. The van der Waals surface area contributed by atoms with Gasteiger partial charge in [0.25, 0.3) is 0 Å². The third-order valence-electron chi connectivity index (χ3n) is 1.76. The van der Waals surface area contributed by atoms with E-state index in [1.165, 1.54) is 17.8 Å². The quantitative estimate of drug-likeness (QED) is 0.481. The lowest BCUT2D eigenvalue weighted by Gasteiger charge is -2.12. The maximum absolute atomic E-state index is 12.3. The predicted octanol–water partition coefficient (Wildman–Crippen LogP) is 3.10. The van der Waals surface area contributed by atoms with E-state index < -0.39 is 11.7 Å². The van der Waals surface area contributed by atoms with Gasteiger partial charge < -0.3 is 5.43 Å². The molecule has 0 unspecified atom stereocenters. The summed E-state index contributed by atoms with van der Waals surface area (Å²) in [7, 11) is 0. The number of thioether (sulfide) groups is 1. The highest BCUT2D eigenvalue weighted by Gasteiger charge is 2.30. The van der Waals surface area contributed by atoms with Crippen molar-refractivity contribution in [3.63, 3.8) is 0 Å². The number of hydrogen-bond donors (Lipinski definition) is 2. The van der Waals surface area contributed by atoms with Crippen molar-refractivity contribution in [1.82, 2.24) is 0 Å². The van der Waals surface area contributed by atoms with Crippen molar-refractivity contribution in [2.75, 3.05) is 11.2 Å². The van der Waals surface area contributed by atoms with E-state index in [2.05, 4.69) is 5.43 Å². The van der Waals surface area contributed by atoms with Gasteiger partial charge in [0.2, 0.25) is 0 Å². The number of alkyl halides is 3. The van der Waals surface area contributed by atoms with Gasteiger partial charge in [0.1, 0.15) is 0 Å². The standard InChI is InChI=1S/C9H11F3N2S/c1-2-15-8-4-3-6(9(10,11)12)5-7(8)14-13/h3-5,14H,2,13H2,1H3. The van der Waals surface area contributed by atoms with Gasteiger partial charge in [0.15, 0.2) is 0 Å². The highest BCUT2D eigenvalue weighted by molar-refractivity contribution is 7.99. The number of nitrogens with one attached hydrogen (secondary N) is 1. The second kappa shape index (κ2) is 4.76. The Morgan fingerprint density at radius 1 is 1.40 bits per heavy atom. The number of benzene rings is 1. The zero-order valence-corrected chi connectivity index (χ0v) is 8.88. The van der Waals surface area contributed by atoms with Crippen LogP contribution in [0.3, 0.4) is 0 Å². The maximum atomic E-state index is 12.3. The van der Waals surface area contributed by atoms with Gasteiger partial charge in [0.05, 0.1) is 11.3 Å². The summed E-state index contributed by atoms with van der Waals surface area (Å²) in [6.45, 7) is 1.92. The van der Waals surface area contributed by atoms with Gasteiger partial charge in [0, 0.05) is 4.90 Å². The summed E-state index contributed by atoms with van der Waals surface area (Å²) in [5.74, 6) is 5.94. The van der Waals surface area contributed by atoms with Crippen molar-refractivity contribution in [2.24, 2.45) is 5.84 Å². The van der Waals surface area contributed by atoms with Crippen LogP contribution in [-0.4, -0.2) is 5.75 Å². The normalized spacial score (nSPS) is 11.5. The Morgan fingerprint density at radius 2 is 2.07 bits per heavy atom. The summed E-state index contributed by atoms with van der Waals surface area (Å²) in [6.07, 6.45) is -4.33. The van der Waals surface area contributed by atoms with Crippen LogP contribution in [0.1, 0.15) is 12.5 Å². The number of hydrogen-bond acceptors (Lipinski definition) is 3. The first-order valence-corrected chi connectivity index (χ1v) is 5.28. The topological polar surface area (TPSA) is 38.0 Å². The van der Waals surface area contributed by atoms with Gasteiger partial charge in [-0.15, -0.1) is 11.8 Å². The highest BCUT2D eigenvalue weighted by atomic mass is 32.2. The SMILES string of the molecule is CCSc1ccc(C(F)(F)F)cc1NN. The summed E-state index contributed by atoms with van der Waals surface area (Å²) in [6, 6.07) is 3.49. The molecule has 0 atom stereocenters. The van der Waals surface area contributed by atoms with E-state index in [9.17, 15) is 13.2 Å². The van der Waals surface area contributed by atoms with Gasteiger partial charge in [-0.25, -0.2) is 0 Å². The van der Waals surface area contributed by atoms with E-state index in [0.717, 1.165) is 17.9 Å². The van der Waals surface area contributed by atoms with Gasteiger partial charge in [-0.2, -0.15) is 13.2 Å². The van der Waals surface area contributed by atoms with Crippen LogP contribution in [0, 0.1) is 0 Å². The van der Waals surface area contributed by atoms with Crippen LogP contribution in [0.15, 0.2) is 23.1 Å². The van der Waals surface area contributed by atoms with Gasteiger partial charge in [-0.3, -0.25) is 5.84 Å². The molecule has 0 heterocycles. The maximum Gasteiger partial charge on any atom is 0.416 e. The van der Waals surface area contributed by atoms with Gasteiger partial charge in [-0.05, 0) is 24.0 Å². The fourth-order valence-electron chi connectivity index (χ4n) is 1.10. The van der Waals surface area contributed by atoms with Crippen molar-refractivity contribution in [2.45, 2.75) is 18.0 Å². The summed E-state index contributed by atoms with van der Waals surface area (Å²) < 4.78 is 37.0. The Morgan fingerprint density at radius 3 is 2.53 bits per heavy atom. The Labute approximate surface area is 90.0 Å². The van der Waals surface area contributed by atoms with Crippen LogP contribution >= 0.6 is 11.8 Å². The molecule has 3 N–H and O–H groups in total. The minimum Gasteiger partial charge on any atom is -0.323 e. The Hall–Kier alpha value is -0.880. The molecule has 0 spiro atoms. The molecule has 0 amide bonds. The van der Waals surface area contributed by atoms with E-state index in [1.54, 1.807) is 0 Å². The molecule has 1 aromatic rings. The smallest absolute Gasteiger partial charge is 0.323 e. The molecule has 1 aromatic carbocycles. The molecular weight excluding hydrogens is 225 g/mol. The highest BCUT2D eigenvalue weighted by Crippen LogP contribution is 2.34. The lowest BCUT2D eigenvalue weighted by molar-refractivity contribution is -0.137. The number of nitrogens with two attached hydrogens (primary N) is 1. The molecule has 84 valence electrons. The largest absolute Gasteiger partial charge is 0.416 e. The Bertz CT molecular complexity index is 339. The molecule has 0 saturated heterocycles. The first kappa shape index (κ1) is 12.2. The molecule has 2 nitrogen and oxygen atoms in total. The summed E-state index contributed by atoms with van der Waals surface area (Å²) in [5, 5.41) is 0. The molecule has 0 saturated carbocycles. The first-order valence-electron chi connectivity index (χ1n) is 4.29. The molecule has 0 aliphatic carbocycles. The molecule has 0 radical (unpaired) electrons. The fourth-order valence-corrected chi connectivity index (χ4v) is 1.85. The zero-order chi connectivity index (χ0) is 11.5. The number of nitrogen functional groups attached to an aromatic ring is 1. The number of halogens is 3. The van der Waals surface area contributed by atoms with Crippen molar-refractivity contribution in [1.29, 1.82) is 0 Å². The lowest BCUT2D eigenvalue weighted by Crippen LogP contribution is -2.11. The first-order chi connectivity index (χ1) is 6.99. The second-order valence-electron chi connectivity index (χ2n) is 2.79. The minimum absolute atomic E-state index is 0.302. The van der Waals surface area contributed by atoms with E-state index in [-0.39, 0.29) is 0 Å². The predicted molar refractivity (Wildman–Crippen MR) is 55.7 cm³/mol. The molecule has 0 aliphatic rings. The van der Waals surface area contributed by atoms with Gasteiger partial charge >= 0.3 is 6.18 Å². The third-order valence-corrected chi connectivity index (χ3v) is 2.72. The average molecular weight is 236 g/mol. The Kier molecular flexibility index (Phi) is 3.87.